The Morgan fingerprint density at radius 2 is 0.714 bits per heavy atom. The van der Waals surface area contributed by atoms with Gasteiger partial charge in [0.15, 0.2) is 18.9 Å². The number of hydrogen-bond acceptors (Lipinski definition) is 9. The van der Waals surface area contributed by atoms with E-state index in [1.54, 1.807) is 18.2 Å². The molecular weight excluding hydrogens is 758 g/mol. The van der Waals surface area contributed by atoms with E-state index in [1.165, 1.54) is 0 Å². The monoisotopic (exact) mass is 810 g/mol. The van der Waals surface area contributed by atoms with Crippen LogP contribution in [0.1, 0.15) is 124 Å². The second-order valence-electron chi connectivity index (χ2n) is 14.0. The number of phenols is 3. The molecule has 1 aliphatic rings. The molecule has 10 heteroatoms. The van der Waals surface area contributed by atoms with Crippen LogP contribution in [0.5, 0.6) is 17.2 Å². The van der Waals surface area contributed by atoms with Crippen molar-refractivity contribution in [2.24, 2.45) is 0 Å². The molecule has 3 aromatic rings. The summed E-state index contributed by atoms with van der Waals surface area (Å²) in [6, 6.07) is 11.2. The van der Waals surface area contributed by atoms with Crippen LogP contribution in [-0.2, 0) is 19.6 Å². The topological polar surface area (TPSA) is 122 Å². The zero-order chi connectivity index (χ0) is 35.1. The molecular formula is C39H51EuN3O6+3. The third-order valence-corrected chi connectivity index (χ3v) is 9.48. The smallest absolute Gasteiger partial charge is 0.507 e. The van der Waals surface area contributed by atoms with E-state index < -0.39 is 0 Å². The average molecular weight is 810 g/mol. The Hall–Kier alpha value is -2.47. The molecule has 1 aliphatic heterocycles. The second kappa shape index (κ2) is 18.7. The van der Waals surface area contributed by atoms with Gasteiger partial charge in [-0.25, -0.2) is 0 Å². The van der Waals surface area contributed by atoms with Gasteiger partial charge in [-0.05, 0) is 52.6 Å². The number of aromatic hydroxyl groups is 3. The molecule has 0 atom stereocenters. The van der Waals surface area contributed by atoms with Crippen LogP contribution in [0, 0.1) is 49.4 Å². The SMILES string of the molecule is CC(C)c1cc(C=O)c(O)c(CN2CCN(Cc3cc(C(C)C)cc(C=O)c3O)CCN(Cc3cc(C(C)C)cc(C=O)c3O)CC2)c1.[Eu+3]. The average Bonchev–Trinajstić information content (AvgIpc) is 3.14. The number of phenolic OH excluding ortho intramolecular Hbond substituents is 3. The maximum atomic E-state index is 11.8. The van der Waals surface area contributed by atoms with E-state index >= 15 is 0 Å². The van der Waals surface area contributed by atoms with Crippen molar-refractivity contribution in [1.82, 2.24) is 14.7 Å². The van der Waals surface area contributed by atoms with Gasteiger partial charge >= 0.3 is 49.4 Å². The number of hydrogen-bond donors (Lipinski definition) is 3. The van der Waals surface area contributed by atoms with Crippen LogP contribution in [-0.4, -0.2) is 88.1 Å². The van der Waals surface area contributed by atoms with Crippen molar-refractivity contribution in [3.05, 3.63) is 86.5 Å². The molecule has 1 fully saturated rings. The summed E-state index contributed by atoms with van der Waals surface area (Å²) in [6.45, 7) is 17.6. The minimum absolute atomic E-state index is 0. The number of carbonyl (C=O) groups is 3. The molecule has 1 saturated heterocycles. The molecule has 4 rings (SSSR count). The zero-order valence-electron chi connectivity index (χ0n) is 29.6. The Morgan fingerprint density at radius 1 is 0.490 bits per heavy atom. The molecule has 9 nitrogen and oxygen atoms in total. The molecule has 262 valence electrons. The Morgan fingerprint density at radius 3 is 0.898 bits per heavy atom. The largest absolute Gasteiger partial charge is 3.00 e. The van der Waals surface area contributed by atoms with Gasteiger partial charge in [-0.1, -0.05) is 59.7 Å². The minimum atomic E-state index is -0.00313. The van der Waals surface area contributed by atoms with Gasteiger partial charge in [-0.15, -0.1) is 0 Å². The van der Waals surface area contributed by atoms with E-state index in [0.29, 0.717) is 94.5 Å². The first-order chi connectivity index (χ1) is 22.8. The van der Waals surface area contributed by atoms with Crippen LogP contribution in [0.15, 0.2) is 36.4 Å². The van der Waals surface area contributed by atoms with E-state index in [4.69, 9.17) is 0 Å². The molecule has 3 N–H and O–H groups in total. The Bertz CT molecular complexity index is 1420. The fourth-order valence-electron chi connectivity index (χ4n) is 6.25. The molecule has 0 aromatic heterocycles. The van der Waals surface area contributed by atoms with E-state index in [0.717, 1.165) is 16.7 Å². The van der Waals surface area contributed by atoms with Crippen molar-refractivity contribution in [2.75, 3.05) is 39.3 Å². The first kappa shape index (κ1) is 41.0. The van der Waals surface area contributed by atoms with Crippen molar-refractivity contribution in [1.29, 1.82) is 0 Å². The Kier molecular flexibility index (Phi) is 15.6. The Balaban J connectivity index is 0.00000650. The van der Waals surface area contributed by atoms with Gasteiger partial charge in [-0.3, -0.25) is 29.1 Å². The molecule has 1 heterocycles. The summed E-state index contributed by atoms with van der Waals surface area (Å²) in [5.41, 5.74) is 5.86. The third kappa shape index (κ3) is 10.5. The van der Waals surface area contributed by atoms with Gasteiger partial charge in [-0.2, -0.15) is 0 Å². The molecule has 49 heavy (non-hydrogen) atoms. The van der Waals surface area contributed by atoms with Crippen molar-refractivity contribution < 1.29 is 79.1 Å². The summed E-state index contributed by atoms with van der Waals surface area (Å²) in [5.74, 6) is 0.534. The molecule has 0 aliphatic carbocycles. The molecule has 0 amide bonds. The summed E-state index contributed by atoms with van der Waals surface area (Å²) in [4.78, 5) is 42.3. The fourth-order valence-corrected chi connectivity index (χ4v) is 6.25. The van der Waals surface area contributed by atoms with Crippen molar-refractivity contribution in [3.63, 3.8) is 0 Å². The van der Waals surface area contributed by atoms with Crippen LogP contribution in [0.4, 0.5) is 0 Å². The van der Waals surface area contributed by atoms with Gasteiger partial charge in [0, 0.05) is 75.6 Å². The van der Waals surface area contributed by atoms with E-state index in [-0.39, 0.29) is 101 Å². The van der Waals surface area contributed by atoms with Gasteiger partial charge in [0.1, 0.15) is 17.2 Å². The predicted octanol–water partition coefficient (Wildman–Crippen LogP) is 6.43. The maximum Gasteiger partial charge on any atom is 3.00 e. The second-order valence-corrected chi connectivity index (χ2v) is 14.0. The van der Waals surface area contributed by atoms with Gasteiger partial charge in [0.25, 0.3) is 0 Å². The van der Waals surface area contributed by atoms with Crippen LogP contribution >= 0.6 is 0 Å². The standard InChI is InChI=1S/C39H51N3O6.Eu/c1-25(2)28-13-31(37(46)34(16-28)22-43)19-40-7-9-41(20-32-14-29(26(3)4)17-35(23-44)38(32)47)11-12-42(10-8-40)21-33-15-30(27(5)6)18-36(24-45)39(33)48;/h13-18,22-27,46-48H,7-12,19-21H2,1-6H3;/q;+3. The first-order valence-electron chi connectivity index (χ1n) is 16.9. The van der Waals surface area contributed by atoms with Crippen molar-refractivity contribution in [3.8, 4) is 17.2 Å². The summed E-state index contributed by atoms with van der Waals surface area (Å²) >= 11 is 0. The van der Waals surface area contributed by atoms with E-state index in [2.05, 4.69) is 56.2 Å². The molecule has 0 radical (unpaired) electrons. The van der Waals surface area contributed by atoms with Crippen molar-refractivity contribution >= 4 is 18.9 Å². The predicted molar refractivity (Wildman–Crippen MR) is 189 cm³/mol. The van der Waals surface area contributed by atoms with E-state index in [1.807, 2.05) is 18.2 Å². The Labute approximate surface area is 331 Å². The fraction of sp³-hybridized carbons (Fsp3) is 0.462. The molecule has 0 bridgehead atoms. The molecule has 3 aromatic carbocycles. The number of rotatable bonds is 12. The van der Waals surface area contributed by atoms with Crippen LogP contribution in [0.2, 0.25) is 0 Å². The summed E-state index contributed by atoms with van der Waals surface area (Å²) in [5, 5.41) is 33.0. The molecule has 0 spiro atoms. The minimum Gasteiger partial charge on any atom is -0.507 e. The number of nitrogens with zero attached hydrogens (tertiary/aromatic N) is 3. The van der Waals surface area contributed by atoms with Gasteiger partial charge in [0.05, 0.1) is 16.7 Å². The summed E-state index contributed by atoms with van der Waals surface area (Å²) in [6.07, 6.45) is 2.09. The van der Waals surface area contributed by atoms with Crippen LogP contribution < -0.4 is 0 Å². The molecule has 0 unspecified atom stereocenters. The number of benzene rings is 3. The first-order valence-corrected chi connectivity index (χ1v) is 16.9. The summed E-state index contributed by atoms with van der Waals surface area (Å²) in [7, 11) is 0. The summed E-state index contributed by atoms with van der Waals surface area (Å²) < 4.78 is 0. The zero-order valence-corrected chi connectivity index (χ0v) is 32.0. The quantitative estimate of drug-likeness (QED) is 0.178. The van der Waals surface area contributed by atoms with Gasteiger partial charge < -0.3 is 15.3 Å². The number of aldehydes is 3. The van der Waals surface area contributed by atoms with Gasteiger partial charge in [0.2, 0.25) is 0 Å². The number of carbonyl (C=O) groups excluding carboxylic acids is 3. The normalized spacial score (nSPS) is 15.1. The maximum absolute atomic E-state index is 11.8. The van der Waals surface area contributed by atoms with E-state index in [9.17, 15) is 29.7 Å². The molecule has 0 saturated carbocycles. The van der Waals surface area contributed by atoms with Crippen LogP contribution in [0.25, 0.3) is 0 Å². The van der Waals surface area contributed by atoms with Crippen molar-refractivity contribution in [2.45, 2.75) is 78.9 Å². The third-order valence-electron chi connectivity index (χ3n) is 9.48. The van der Waals surface area contributed by atoms with Crippen LogP contribution in [0.3, 0.4) is 0 Å².